The zero-order chi connectivity index (χ0) is 21.0. The molecule has 0 fully saturated rings. The number of hydrogen-bond donors (Lipinski definition) is 2. The molecule has 0 radical (unpaired) electrons. The average Bonchev–Trinajstić information content (AvgIpc) is 2.67. The Morgan fingerprint density at radius 2 is 1.62 bits per heavy atom. The molecule has 0 unspecified atom stereocenters. The second kappa shape index (κ2) is 8.05. The van der Waals surface area contributed by atoms with E-state index in [1.54, 1.807) is 30.3 Å². The van der Waals surface area contributed by atoms with Crippen molar-refractivity contribution in [1.82, 2.24) is 15.3 Å². The Morgan fingerprint density at radius 1 is 0.897 bits per heavy atom. The van der Waals surface area contributed by atoms with Gasteiger partial charge in [0.15, 0.2) is 5.69 Å². The molecule has 0 aliphatic carbocycles. The number of urea groups is 1. The van der Waals surface area contributed by atoms with Crippen molar-refractivity contribution in [2.24, 2.45) is 0 Å². The average molecular weight is 404 g/mol. The molecule has 3 rings (SSSR count). The normalized spacial score (nSPS) is 11.0. The number of anilines is 1. The van der Waals surface area contributed by atoms with E-state index in [1.165, 1.54) is 12.1 Å². The van der Waals surface area contributed by atoms with Crippen LogP contribution in [-0.4, -0.2) is 21.9 Å². The van der Waals surface area contributed by atoms with Crippen LogP contribution in [0, 0.1) is 5.82 Å². The number of rotatable bonds is 3. The molecule has 1 heterocycles. The maximum Gasteiger partial charge on any atom is 0.433 e. The lowest BCUT2D eigenvalue weighted by Gasteiger charge is -2.11. The molecule has 6 nitrogen and oxygen atoms in total. The summed E-state index contributed by atoms with van der Waals surface area (Å²) in [6.45, 7) is 0. The van der Waals surface area contributed by atoms with Gasteiger partial charge in [-0.05, 0) is 24.3 Å². The zero-order valence-corrected chi connectivity index (χ0v) is 14.5. The summed E-state index contributed by atoms with van der Waals surface area (Å²) in [4.78, 5) is 31.1. The van der Waals surface area contributed by atoms with Crippen molar-refractivity contribution in [3.63, 3.8) is 0 Å². The first-order valence-corrected chi connectivity index (χ1v) is 8.12. The van der Waals surface area contributed by atoms with Crippen molar-refractivity contribution in [2.75, 3.05) is 5.32 Å². The van der Waals surface area contributed by atoms with E-state index in [2.05, 4.69) is 9.97 Å². The molecule has 0 bridgehead atoms. The van der Waals surface area contributed by atoms with Crippen molar-refractivity contribution in [3.05, 3.63) is 77.7 Å². The minimum absolute atomic E-state index is 0.0697. The molecule has 2 N–H and O–H groups in total. The predicted molar refractivity (Wildman–Crippen MR) is 95.4 cm³/mol. The molecule has 1 aromatic heterocycles. The fraction of sp³-hybridized carbons (Fsp3) is 0.0526. The molecule has 0 atom stereocenters. The Balaban J connectivity index is 1.84. The second-order valence-electron chi connectivity index (χ2n) is 5.74. The van der Waals surface area contributed by atoms with Crippen LogP contribution in [0.15, 0.2) is 60.7 Å². The van der Waals surface area contributed by atoms with Crippen molar-refractivity contribution >= 4 is 17.9 Å². The highest BCUT2D eigenvalue weighted by Crippen LogP contribution is 2.31. The van der Waals surface area contributed by atoms with Crippen molar-refractivity contribution in [1.29, 1.82) is 0 Å². The van der Waals surface area contributed by atoms with Gasteiger partial charge >= 0.3 is 12.2 Å². The third kappa shape index (κ3) is 5.12. The Labute approximate surface area is 161 Å². The summed E-state index contributed by atoms with van der Waals surface area (Å²) in [5.41, 5.74) is -1.10. The lowest BCUT2D eigenvalue weighted by molar-refractivity contribution is -0.141. The highest BCUT2D eigenvalue weighted by Gasteiger charge is 2.34. The largest absolute Gasteiger partial charge is 0.433 e. The summed E-state index contributed by atoms with van der Waals surface area (Å²) in [6, 6.07) is 12.1. The lowest BCUT2D eigenvalue weighted by atomic mass is 10.1. The monoisotopic (exact) mass is 404 g/mol. The van der Waals surface area contributed by atoms with Gasteiger partial charge in [-0.3, -0.25) is 15.4 Å². The van der Waals surface area contributed by atoms with Crippen LogP contribution in [-0.2, 0) is 6.18 Å². The summed E-state index contributed by atoms with van der Waals surface area (Å²) in [6.07, 6.45) is -4.78. The summed E-state index contributed by atoms with van der Waals surface area (Å²) in [7, 11) is 0. The van der Waals surface area contributed by atoms with Crippen LogP contribution in [0.25, 0.3) is 11.3 Å². The third-order valence-corrected chi connectivity index (χ3v) is 3.63. The van der Waals surface area contributed by atoms with E-state index in [1.807, 2.05) is 10.6 Å². The first-order chi connectivity index (χ1) is 13.7. The van der Waals surface area contributed by atoms with Gasteiger partial charge in [0.05, 0.1) is 5.69 Å². The van der Waals surface area contributed by atoms with Gasteiger partial charge in [-0.25, -0.2) is 19.2 Å². The standard InChI is InChI=1S/C19H12F4N4O2/c20-13-8-4-7-12(9-13)16(28)26-18(29)27-17-24-14(11-5-2-1-3-6-11)10-15(25-17)19(21,22)23/h1-10H,(H2,24,25,26,27,28,29). The fourth-order valence-electron chi connectivity index (χ4n) is 2.34. The molecule has 0 aliphatic rings. The number of benzene rings is 2. The number of aromatic nitrogens is 2. The number of nitrogens with one attached hydrogen (secondary N) is 2. The highest BCUT2D eigenvalue weighted by molar-refractivity contribution is 6.07. The molecular formula is C19H12F4N4O2. The lowest BCUT2D eigenvalue weighted by Crippen LogP contribution is -2.35. The second-order valence-corrected chi connectivity index (χ2v) is 5.74. The smallest absolute Gasteiger partial charge is 0.276 e. The molecule has 0 saturated carbocycles. The Bertz CT molecular complexity index is 1060. The number of imide groups is 1. The van der Waals surface area contributed by atoms with E-state index in [0.717, 1.165) is 18.2 Å². The van der Waals surface area contributed by atoms with Gasteiger partial charge < -0.3 is 0 Å². The van der Waals surface area contributed by atoms with Gasteiger partial charge in [0.2, 0.25) is 5.95 Å². The van der Waals surface area contributed by atoms with Gasteiger partial charge in [0.25, 0.3) is 5.91 Å². The number of hydrogen-bond acceptors (Lipinski definition) is 4. The topological polar surface area (TPSA) is 84.0 Å². The zero-order valence-electron chi connectivity index (χ0n) is 14.5. The molecule has 3 aromatic rings. The summed E-state index contributed by atoms with van der Waals surface area (Å²) in [5, 5.41) is 3.87. The van der Waals surface area contributed by atoms with Crippen molar-refractivity contribution in [3.8, 4) is 11.3 Å². The minimum atomic E-state index is -4.78. The highest BCUT2D eigenvalue weighted by atomic mass is 19.4. The van der Waals surface area contributed by atoms with Crippen molar-refractivity contribution in [2.45, 2.75) is 6.18 Å². The van der Waals surface area contributed by atoms with E-state index < -0.39 is 35.6 Å². The molecule has 2 aromatic carbocycles. The molecule has 0 spiro atoms. The van der Waals surface area contributed by atoms with Crippen LogP contribution in [0.2, 0.25) is 0 Å². The fourth-order valence-corrected chi connectivity index (χ4v) is 2.34. The maximum atomic E-state index is 13.2. The number of carbonyl (C=O) groups excluding carboxylic acids is 2. The van der Waals surface area contributed by atoms with E-state index in [-0.39, 0.29) is 11.3 Å². The number of nitrogens with zero attached hydrogens (tertiary/aromatic N) is 2. The predicted octanol–water partition coefficient (Wildman–Crippen LogP) is 4.26. The number of carbonyl (C=O) groups is 2. The van der Waals surface area contributed by atoms with Gasteiger partial charge in [-0.2, -0.15) is 13.2 Å². The summed E-state index contributed by atoms with van der Waals surface area (Å²) in [5.74, 6) is -2.28. The Kier molecular flexibility index (Phi) is 5.53. The van der Waals surface area contributed by atoms with E-state index in [0.29, 0.717) is 5.56 Å². The van der Waals surface area contributed by atoms with Gasteiger partial charge in [-0.15, -0.1) is 0 Å². The molecule has 10 heteroatoms. The number of alkyl halides is 3. The van der Waals surface area contributed by atoms with Crippen LogP contribution < -0.4 is 10.6 Å². The molecule has 0 aliphatic heterocycles. The number of halogens is 4. The van der Waals surface area contributed by atoms with Crippen LogP contribution in [0.5, 0.6) is 0 Å². The van der Waals surface area contributed by atoms with E-state index in [9.17, 15) is 27.2 Å². The molecular weight excluding hydrogens is 392 g/mol. The number of amides is 3. The Hall–Kier alpha value is -3.82. The van der Waals surface area contributed by atoms with Crippen LogP contribution in [0.1, 0.15) is 16.1 Å². The summed E-state index contributed by atoms with van der Waals surface area (Å²) < 4.78 is 52.7. The molecule has 3 amide bonds. The quantitative estimate of drug-likeness (QED) is 0.639. The van der Waals surface area contributed by atoms with Crippen LogP contribution >= 0.6 is 0 Å². The van der Waals surface area contributed by atoms with E-state index >= 15 is 0 Å². The minimum Gasteiger partial charge on any atom is -0.276 e. The molecule has 29 heavy (non-hydrogen) atoms. The van der Waals surface area contributed by atoms with Gasteiger partial charge in [0, 0.05) is 11.1 Å². The maximum absolute atomic E-state index is 13.2. The summed E-state index contributed by atoms with van der Waals surface area (Å²) >= 11 is 0. The Morgan fingerprint density at radius 3 is 2.28 bits per heavy atom. The third-order valence-electron chi connectivity index (χ3n) is 3.63. The van der Waals surface area contributed by atoms with Crippen molar-refractivity contribution < 1.29 is 27.2 Å². The van der Waals surface area contributed by atoms with Crippen LogP contribution in [0.4, 0.5) is 28.3 Å². The first kappa shape index (κ1) is 19.9. The van der Waals surface area contributed by atoms with E-state index in [4.69, 9.17) is 0 Å². The van der Waals surface area contributed by atoms with Gasteiger partial charge in [0.1, 0.15) is 5.82 Å². The van der Waals surface area contributed by atoms with Crippen LogP contribution in [0.3, 0.4) is 0 Å². The molecule has 0 saturated heterocycles. The SMILES string of the molecule is O=C(NC(=O)c1cccc(F)c1)Nc1nc(-c2ccccc2)cc(C(F)(F)F)n1. The molecule has 148 valence electrons. The first-order valence-electron chi connectivity index (χ1n) is 8.12. The van der Waals surface area contributed by atoms with Gasteiger partial charge in [-0.1, -0.05) is 36.4 Å².